The van der Waals surface area contributed by atoms with E-state index >= 15 is 0 Å². The lowest BCUT2D eigenvalue weighted by molar-refractivity contribution is 0.444. The first-order valence-corrected chi connectivity index (χ1v) is 8.50. The molecule has 0 N–H and O–H groups in total. The van der Waals surface area contributed by atoms with E-state index in [0.29, 0.717) is 11.2 Å². The summed E-state index contributed by atoms with van der Waals surface area (Å²) in [6.07, 6.45) is 0. The van der Waals surface area contributed by atoms with Crippen LogP contribution in [-0.4, -0.2) is 4.98 Å². The average Bonchev–Trinajstić information content (AvgIpc) is 3.06. The molecule has 2 heterocycles. The minimum absolute atomic E-state index is 0.168. The Balaban J connectivity index is 1.58. The van der Waals surface area contributed by atoms with Crippen molar-refractivity contribution in [1.29, 1.82) is 0 Å². The van der Waals surface area contributed by atoms with Crippen LogP contribution in [0.25, 0.3) is 21.4 Å². The molecule has 4 rings (SSSR count). The van der Waals surface area contributed by atoms with Gasteiger partial charge >= 0.3 is 4.90 Å². The number of fused-ring (bicyclic) bond motifs is 2. The normalized spacial score (nSPS) is 11.4. The molecule has 2 aromatic carbocycles. The summed E-state index contributed by atoms with van der Waals surface area (Å²) in [5.41, 5.74) is 3.60. The van der Waals surface area contributed by atoms with E-state index in [1.54, 1.807) is 23.1 Å². The first kappa shape index (κ1) is 13.1. The molecule has 0 aliphatic carbocycles. The number of thiazole rings is 1. The standard InChI is InChI=1S/C15H9NO2S3/c19-15-17-11-6-5-9(7-12(11)18-15)8-20-14-16-10-3-1-2-4-13(10)21-14/h1-7H,8H2. The minimum Gasteiger partial charge on any atom is -0.413 e. The summed E-state index contributed by atoms with van der Waals surface area (Å²) in [4.78, 5) is 4.78. The highest BCUT2D eigenvalue weighted by Gasteiger charge is 2.06. The summed E-state index contributed by atoms with van der Waals surface area (Å²) in [5.74, 6) is 0.837. The second kappa shape index (κ2) is 5.29. The predicted octanol–water partition coefficient (Wildman–Crippen LogP) is 5.66. The van der Waals surface area contributed by atoms with Gasteiger partial charge in [0.25, 0.3) is 0 Å². The summed E-state index contributed by atoms with van der Waals surface area (Å²) in [6, 6.07) is 14.1. The molecular formula is C15H9NO2S3. The Hall–Kier alpha value is -1.63. The maximum atomic E-state index is 5.33. The maximum Gasteiger partial charge on any atom is 0.363 e. The lowest BCUT2D eigenvalue weighted by atomic mass is 10.2. The Labute approximate surface area is 133 Å². The molecular weight excluding hydrogens is 322 g/mol. The van der Waals surface area contributed by atoms with E-state index in [9.17, 15) is 0 Å². The summed E-state index contributed by atoms with van der Waals surface area (Å²) >= 11 is 8.33. The number of benzene rings is 2. The van der Waals surface area contributed by atoms with Gasteiger partial charge in [0, 0.05) is 18.0 Å². The molecule has 0 radical (unpaired) electrons. The van der Waals surface area contributed by atoms with E-state index in [1.165, 1.54) is 4.70 Å². The second-order valence-electron chi connectivity index (χ2n) is 4.47. The highest BCUT2D eigenvalue weighted by molar-refractivity contribution is 8.00. The Kier molecular flexibility index (Phi) is 3.29. The van der Waals surface area contributed by atoms with Crippen molar-refractivity contribution >= 4 is 56.7 Å². The largest absolute Gasteiger partial charge is 0.413 e. The van der Waals surface area contributed by atoms with Gasteiger partial charge < -0.3 is 8.83 Å². The lowest BCUT2D eigenvalue weighted by Gasteiger charge is -1.97. The van der Waals surface area contributed by atoms with Gasteiger partial charge in [0.05, 0.1) is 10.2 Å². The van der Waals surface area contributed by atoms with Gasteiger partial charge in [-0.15, -0.1) is 11.3 Å². The third-order valence-electron chi connectivity index (χ3n) is 3.03. The van der Waals surface area contributed by atoms with Crippen LogP contribution in [0.4, 0.5) is 0 Å². The summed E-state index contributed by atoms with van der Waals surface area (Å²) in [7, 11) is 0. The summed E-state index contributed by atoms with van der Waals surface area (Å²) < 4.78 is 12.9. The molecule has 0 bridgehead atoms. The van der Waals surface area contributed by atoms with Crippen LogP contribution in [0.5, 0.6) is 0 Å². The zero-order valence-electron chi connectivity index (χ0n) is 10.7. The van der Waals surface area contributed by atoms with Crippen molar-refractivity contribution < 1.29 is 8.83 Å². The first-order chi connectivity index (χ1) is 10.3. The number of aromatic nitrogens is 1. The molecule has 4 aromatic rings. The van der Waals surface area contributed by atoms with Crippen LogP contribution in [0.3, 0.4) is 0 Å². The van der Waals surface area contributed by atoms with E-state index in [4.69, 9.17) is 21.1 Å². The Morgan fingerprint density at radius 1 is 1.10 bits per heavy atom. The van der Waals surface area contributed by atoms with Crippen molar-refractivity contribution in [3.63, 3.8) is 0 Å². The van der Waals surface area contributed by atoms with Crippen molar-refractivity contribution in [3.8, 4) is 0 Å². The molecule has 0 fully saturated rings. The minimum atomic E-state index is 0.168. The Morgan fingerprint density at radius 2 is 1.95 bits per heavy atom. The number of rotatable bonds is 3. The first-order valence-electron chi connectivity index (χ1n) is 6.29. The Bertz CT molecular complexity index is 950. The van der Waals surface area contributed by atoms with Crippen molar-refractivity contribution in [2.45, 2.75) is 10.1 Å². The van der Waals surface area contributed by atoms with Gasteiger partial charge in [-0.3, -0.25) is 0 Å². The van der Waals surface area contributed by atoms with Gasteiger partial charge in [0.2, 0.25) is 0 Å². The molecule has 0 amide bonds. The third-order valence-corrected chi connectivity index (χ3v) is 5.45. The molecule has 0 aliphatic rings. The average molecular weight is 331 g/mol. The van der Waals surface area contributed by atoms with Gasteiger partial charge in [-0.1, -0.05) is 30.0 Å². The lowest BCUT2D eigenvalue weighted by Crippen LogP contribution is -1.79. The highest BCUT2D eigenvalue weighted by Crippen LogP contribution is 2.32. The quantitative estimate of drug-likeness (QED) is 0.358. The van der Waals surface area contributed by atoms with Crippen LogP contribution >= 0.6 is 35.3 Å². The number of para-hydroxylation sites is 1. The van der Waals surface area contributed by atoms with Gasteiger partial charge in [0.1, 0.15) is 0 Å². The molecule has 0 unspecified atom stereocenters. The SMILES string of the molecule is S=c1oc2ccc(CSc3nc4ccccc4s3)cc2o1. The summed E-state index contributed by atoms with van der Waals surface area (Å²) in [5, 5.41) is 0. The molecule has 0 saturated heterocycles. The molecule has 2 aromatic heterocycles. The fraction of sp³-hybridized carbons (Fsp3) is 0.0667. The van der Waals surface area contributed by atoms with Gasteiger partial charge in [-0.25, -0.2) is 4.98 Å². The number of nitrogens with zero attached hydrogens (tertiary/aromatic N) is 1. The Morgan fingerprint density at radius 3 is 2.86 bits per heavy atom. The van der Waals surface area contributed by atoms with Gasteiger partial charge in [-0.05, 0) is 29.8 Å². The fourth-order valence-electron chi connectivity index (χ4n) is 2.06. The van der Waals surface area contributed by atoms with Crippen LogP contribution in [0.2, 0.25) is 0 Å². The molecule has 21 heavy (non-hydrogen) atoms. The van der Waals surface area contributed by atoms with Crippen molar-refractivity contribution in [2.75, 3.05) is 0 Å². The molecule has 0 saturated carbocycles. The monoisotopic (exact) mass is 331 g/mol. The second-order valence-corrected chi connectivity index (χ2v) is 7.06. The molecule has 3 nitrogen and oxygen atoms in total. The van der Waals surface area contributed by atoms with E-state index in [2.05, 4.69) is 11.1 Å². The van der Waals surface area contributed by atoms with E-state index in [1.807, 2.05) is 36.4 Å². The van der Waals surface area contributed by atoms with Crippen molar-refractivity contribution in [2.24, 2.45) is 0 Å². The van der Waals surface area contributed by atoms with E-state index in [-0.39, 0.29) is 4.90 Å². The molecule has 104 valence electrons. The zero-order valence-corrected chi connectivity index (χ0v) is 13.2. The zero-order chi connectivity index (χ0) is 14.2. The van der Waals surface area contributed by atoms with Crippen molar-refractivity contribution in [3.05, 3.63) is 52.9 Å². The number of thioether (sulfide) groups is 1. The van der Waals surface area contributed by atoms with Gasteiger partial charge in [0.15, 0.2) is 15.5 Å². The molecule has 0 spiro atoms. The highest BCUT2D eigenvalue weighted by atomic mass is 32.2. The topological polar surface area (TPSA) is 39.2 Å². The third kappa shape index (κ3) is 2.62. The number of hydrogen-bond acceptors (Lipinski definition) is 6. The predicted molar refractivity (Wildman–Crippen MR) is 88.5 cm³/mol. The fourth-order valence-corrected chi connectivity index (χ4v) is 4.26. The smallest absolute Gasteiger partial charge is 0.363 e. The molecule has 0 atom stereocenters. The maximum absolute atomic E-state index is 5.33. The van der Waals surface area contributed by atoms with E-state index in [0.717, 1.165) is 21.2 Å². The van der Waals surface area contributed by atoms with Crippen LogP contribution in [0.1, 0.15) is 5.56 Å². The summed E-state index contributed by atoms with van der Waals surface area (Å²) in [6.45, 7) is 0. The van der Waals surface area contributed by atoms with Crippen molar-refractivity contribution in [1.82, 2.24) is 4.98 Å². The van der Waals surface area contributed by atoms with Crippen LogP contribution < -0.4 is 0 Å². The molecule has 6 heteroatoms. The van der Waals surface area contributed by atoms with E-state index < -0.39 is 0 Å². The number of hydrogen-bond donors (Lipinski definition) is 0. The van der Waals surface area contributed by atoms with Gasteiger partial charge in [-0.2, -0.15) is 0 Å². The van der Waals surface area contributed by atoms with Crippen LogP contribution in [0.15, 0.2) is 55.6 Å². The molecule has 0 aliphatic heterocycles. The van der Waals surface area contributed by atoms with Crippen LogP contribution in [-0.2, 0) is 5.75 Å². The van der Waals surface area contributed by atoms with Crippen LogP contribution in [0, 0.1) is 4.90 Å².